The Labute approximate surface area is 119 Å². The largest absolute Gasteiger partial charge is 0.460 e. The van der Waals surface area contributed by atoms with Crippen LogP contribution in [-0.4, -0.2) is 24.3 Å². The molecule has 0 spiro atoms. The van der Waals surface area contributed by atoms with E-state index in [1.807, 2.05) is 0 Å². The molecule has 0 unspecified atom stereocenters. The van der Waals surface area contributed by atoms with E-state index in [-0.39, 0.29) is 31.8 Å². The third kappa shape index (κ3) is 6.44. The third-order valence-electron chi connectivity index (χ3n) is 3.77. The molecule has 0 aromatic heterocycles. The van der Waals surface area contributed by atoms with Crippen molar-refractivity contribution in [1.82, 2.24) is 0 Å². The SMILES string of the molecule is CCCCCCOC(=O)C(=O)CC1CCC(F)(F)CC1. The predicted molar refractivity (Wildman–Crippen MR) is 71.6 cm³/mol. The summed E-state index contributed by atoms with van der Waals surface area (Å²) in [6, 6.07) is 0. The molecule has 0 radical (unpaired) electrons. The lowest BCUT2D eigenvalue weighted by molar-refractivity contribution is -0.154. The highest BCUT2D eigenvalue weighted by molar-refractivity contribution is 6.33. The van der Waals surface area contributed by atoms with Crippen molar-refractivity contribution in [2.45, 2.75) is 70.6 Å². The van der Waals surface area contributed by atoms with Crippen LogP contribution in [0.25, 0.3) is 0 Å². The van der Waals surface area contributed by atoms with Crippen LogP contribution in [0.2, 0.25) is 0 Å². The van der Waals surface area contributed by atoms with Crippen molar-refractivity contribution >= 4 is 11.8 Å². The zero-order valence-electron chi connectivity index (χ0n) is 12.1. The summed E-state index contributed by atoms with van der Waals surface area (Å²) in [5.74, 6) is -4.08. The van der Waals surface area contributed by atoms with Gasteiger partial charge in [-0.1, -0.05) is 26.2 Å². The summed E-state index contributed by atoms with van der Waals surface area (Å²) < 4.78 is 30.8. The van der Waals surface area contributed by atoms with Crippen LogP contribution in [-0.2, 0) is 14.3 Å². The summed E-state index contributed by atoms with van der Waals surface area (Å²) in [6.07, 6.45) is 4.22. The van der Waals surface area contributed by atoms with E-state index in [0.717, 1.165) is 25.7 Å². The van der Waals surface area contributed by atoms with Gasteiger partial charge in [0.2, 0.25) is 11.7 Å². The molecular formula is C15H24F2O3. The van der Waals surface area contributed by atoms with Crippen LogP contribution in [0.5, 0.6) is 0 Å². The van der Waals surface area contributed by atoms with Crippen LogP contribution in [0.1, 0.15) is 64.7 Å². The number of esters is 1. The molecule has 1 fully saturated rings. The molecule has 0 aromatic carbocycles. The molecule has 1 rings (SSSR count). The van der Waals surface area contributed by atoms with Gasteiger partial charge in [-0.15, -0.1) is 0 Å². The number of halogens is 2. The molecule has 1 saturated carbocycles. The van der Waals surface area contributed by atoms with Gasteiger partial charge in [-0.2, -0.15) is 0 Å². The molecule has 0 aromatic rings. The monoisotopic (exact) mass is 290 g/mol. The van der Waals surface area contributed by atoms with Gasteiger partial charge in [0.25, 0.3) is 0 Å². The van der Waals surface area contributed by atoms with Crippen molar-refractivity contribution in [2.24, 2.45) is 5.92 Å². The molecule has 20 heavy (non-hydrogen) atoms. The van der Waals surface area contributed by atoms with Gasteiger partial charge in [0, 0.05) is 19.3 Å². The topological polar surface area (TPSA) is 43.4 Å². The number of rotatable bonds is 8. The van der Waals surface area contributed by atoms with Gasteiger partial charge >= 0.3 is 5.97 Å². The maximum Gasteiger partial charge on any atom is 0.374 e. The summed E-state index contributed by atoms with van der Waals surface area (Å²) >= 11 is 0. The summed E-state index contributed by atoms with van der Waals surface area (Å²) in [5.41, 5.74) is 0. The first-order chi connectivity index (χ1) is 9.44. The zero-order chi connectivity index (χ0) is 15.0. The average Bonchev–Trinajstić information content (AvgIpc) is 2.40. The van der Waals surface area contributed by atoms with E-state index < -0.39 is 17.7 Å². The molecule has 116 valence electrons. The minimum absolute atomic E-state index is 0.0455. The standard InChI is InChI=1S/C15H24F2O3/c1-2-3-4-5-10-20-14(19)13(18)11-12-6-8-15(16,17)9-7-12/h12H,2-11H2,1H3. The Bertz CT molecular complexity index is 319. The molecule has 0 N–H and O–H groups in total. The van der Waals surface area contributed by atoms with Crippen LogP contribution in [0.4, 0.5) is 8.78 Å². The van der Waals surface area contributed by atoms with Crippen LogP contribution >= 0.6 is 0 Å². The first-order valence-electron chi connectivity index (χ1n) is 7.52. The third-order valence-corrected chi connectivity index (χ3v) is 3.77. The molecule has 0 bridgehead atoms. The Morgan fingerprint density at radius 2 is 1.80 bits per heavy atom. The molecule has 0 aliphatic heterocycles. The smallest absolute Gasteiger partial charge is 0.374 e. The van der Waals surface area contributed by atoms with Crippen LogP contribution in [0.15, 0.2) is 0 Å². The Morgan fingerprint density at radius 1 is 1.15 bits per heavy atom. The van der Waals surface area contributed by atoms with E-state index in [9.17, 15) is 18.4 Å². The highest BCUT2D eigenvalue weighted by Crippen LogP contribution is 2.37. The molecule has 0 amide bonds. The summed E-state index contributed by atoms with van der Waals surface area (Å²) in [4.78, 5) is 23.1. The van der Waals surface area contributed by atoms with E-state index in [1.165, 1.54) is 0 Å². The first-order valence-corrected chi connectivity index (χ1v) is 7.52. The second kappa shape index (κ2) is 8.32. The van der Waals surface area contributed by atoms with Crippen LogP contribution in [0.3, 0.4) is 0 Å². The van der Waals surface area contributed by atoms with Crippen molar-refractivity contribution in [1.29, 1.82) is 0 Å². The second-order valence-corrected chi connectivity index (χ2v) is 5.62. The van der Waals surface area contributed by atoms with Crippen LogP contribution in [0, 0.1) is 5.92 Å². The van der Waals surface area contributed by atoms with Gasteiger partial charge in [0.1, 0.15) is 0 Å². The Balaban J connectivity index is 2.17. The lowest BCUT2D eigenvalue weighted by Gasteiger charge is -2.27. The lowest BCUT2D eigenvalue weighted by atomic mass is 9.84. The van der Waals surface area contributed by atoms with E-state index >= 15 is 0 Å². The predicted octanol–water partition coefficient (Wildman–Crippen LogP) is 3.89. The average molecular weight is 290 g/mol. The minimum atomic E-state index is -2.60. The zero-order valence-corrected chi connectivity index (χ0v) is 12.1. The lowest BCUT2D eigenvalue weighted by Crippen LogP contribution is -2.28. The number of Topliss-reactive ketones (excluding diaryl/α,β-unsaturated/α-hetero) is 1. The Hall–Kier alpha value is -1.00. The summed E-state index contributed by atoms with van der Waals surface area (Å²) in [7, 11) is 0. The van der Waals surface area contributed by atoms with Crippen molar-refractivity contribution < 1.29 is 23.1 Å². The number of ether oxygens (including phenoxy) is 1. The highest BCUT2D eigenvalue weighted by Gasteiger charge is 2.36. The fourth-order valence-corrected chi connectivity index (χ4v) is 2.42. The number of ketones is 1. The Kier molecular flexibility index (Phi) is 7.10. The first kappa shape index (κ1) is 17.1. The van der Waals surface area contributed by atoms with E-state index in [4.69, 9.17) is 4.74 Å². The highest BCUT2D eigenvalue weighted by atomic mass is 19.3. The van der Waals surface area contributed by atoms with Crippen molar-refractivity contribution in [2.75, 3.05) is 6.61 Å². The van der Waals surface area contributed by atoms with Gasteiger partial charge in [-0.3, -0.25) is 4.79 Å². The maximum absolute atomic E-state index is 13.0. The van der Waals surface area contributed by atoms with Crippen molar-refractivity contribution in [3.05, 3.63) is 0 Å². The van der Waals surface area contributed by atoms with E-state index in [2.05, 4.69) is 6.92 Å². The van der Waals surface area contributed by atoms with E-state index in [0.29, 0.717) is 12.8 Å². The molecule has 0 atom stereocenters. The Morgan fingerprint density at radius 3 is 2.40 bits per heavy atom. The molecular weight excluding hydrogens is 266 g/mol. The van der Waals surface area contributed by atoms with E-state index in [1.54, 1.807) is 0 Å². The number of hydrogen-bond donors (Lipinski definition) is 0. The second-order valence-electron chi connectivity index (χ2n) is 5.62. The quantitative estimate of drug-likeness (QED) is 0.387. The normalized spacial score (nSPS) is 18.8. The molecule has 5 heteroatoms. The summed E-state index contributed by atoms with van der Waals surface area (Å²) in [5, 5.41) is 0. The number of unbranched alkanes of at least 4 members (excludes halogenated alkanes) is 3. The fraction of sp³-hybridized carbons (Fsp3) is 0.867. The molecule has 1 aliphatic rings. The number of hydrogen-bond acceptors (Lipinski definition) is 3. The number of alkyl halides is 2. The fourth-order valence-electron chi connectivity index (χ4n) is 2.42. The number of carbonyl (C=O) groups excluding carboxylic acids is 2. The van der Waals surface area contributed by atoms with Crippen molar-refractivity contribution in [3.63, 3.8) is 0 Å². The van der Waals surface area contributed by atoms with Crippen LogP contribution < -0.4 is 0 Å². The minimum Gasteiger partial charge on any atom is -0.460 e. The van der Waals surface area contributed by atoms with Gasteiger partial charge in [-0.25, -0.2) is 13.6 Å². The molecule has 3 nitrogen and oxygen atoms in total. The molecule has 0 heterocycles. The van der Waals surface area contributed by atoms with Gasteiger partial charge in [-0.05, 0) is 25.2 Å². The maximum atomic E-state index is 13.0. The van der Waals surface area contributed by atoms with Gasteiger partial charge in [0.15, 0.2) is 0 Å². The van der Waals surface area contributed by atoms with Crippen molar-refractivity contribution in [3.8, 4) is 0 Å². The molecule has 0 saturated heterocycles. The van der Waals surface area contributed by atoms with Gasteiger partial charge < -0.3 is 4.74 Å². The number of carbonyl (C=O) groups is 2. The summed E-state index contributed by atoms with van der Waals surface area (Å²) in [6.45, 7) is 2.36. The molecule has 1 aliphatic carbocycles. The van der Waals surface area contributed by atoms with Gasteiger partial charge in [0.05, 0.1) is 6.61 Å².